The number of nitrogens with one attached hydrogen (secondary N) is 8. The molecule has 0 radical (unpaired) electrons. The van der Waals surface area contributed by atoms with Crippen molar-refractivity contribution in [2.45, 2.75) is 178 Å². The third-order valence-corrected chi connectivity index (χ3v) is 14.6. The average molecular weight is 1470 g/mol. The molecular weight excluding hydrogens is 1360 g/mol. The summed E-state index contributed by atoms with van der Waals surface area (Å²) in [5.41, 5.74) is 3.94. The molecule has 8 amide bonds. The molecule has 0 saturated carbocycles. The monoisotopic (exact) mass is 1470 g/mol. The molecule has 0 heterocycles. The second kappa shape index (κ2) is 42.7. The number of aliphatic hydroxyl groups excluding tert-OH is 1. The van der Waals surface area contributed by atoms with Crippen molar-refractivity contribution in [3.8, 4) is 23.0 Å². The smallest absolute Gasteiger partial charge is 0.408 e. The Morgan fingerprint density at radius 2 is 0.505 bits per heavy atom. The number of benzene rings is 4. The number of ether oxygens (including phenoxy) is 12. The lowest BCUT2D eigenvalue weighted by atomic mass is 9.88. The van der Waals surface area contributed by atoms with E-state index in [0.717, 1.165) is 0 Å². The number of alkyl carbamates (subject to hydrolysis) is 4. The van der Waals surface area contributed by atoms with E-state index in [1.54, 1.807) is 83.1 Å². The Morgan fingerprint density at radius 1 is 0.305 bits per heavy atom. The quantitative estimate of drug-likeness (QED) is 0.0137. The van der Waals surface area contributed by atoms with Gasteiger partial charge in [-0.05, 0) is 219 Å². The molecule has 0 atom stereocenters. The minimum atomic E-state index is -0.827. The number of amides is 8. The van der Waals surface area contributed by atoms with Crippen molar-refractivity contribution in [1.29, 1.82) is 0 Å². The lowest BCUT2D eigenvalue weighted by molar-refractivity contribution is -0.121. The van der Waals surface area contributed by atoms with Gasteiger partial charge in [0.2, 0.25) is 23.6 Å². The number of carbonyl (C=O) groups is 8. The van der Waals surface area contributed by atoms with Crippen LogP contribution in [0.3, 0.4) is 0 Å². The number of hydrogen-bond donors (Lipinski definition) is 9. The van der Waals surface area contributed by atoms with Crippen molar-refractivity contribution in [1.82, 2.24) is 42.5 Å². The highest BCUT2D eigenvalue weighted by Crippen LogP contribution is 2.41. The van der Waals surface area contributed by atoms with Gasteiger partial charge in [0.25, 0.3) is 0 Å². The van der Waals surface area contributed by atoms with Crippen molar-refractivity contribution in [2.24, 2.45) is 0 Å². The molecule has 4 aromatic carbocycles. The first kappa shape index (κ1) is 86.5. The number of hydrogen-bond acceptors (Lipinski definition) is 21. The largest absolute Gasteiger partial charge is 0.491 e. The Morgan fingerprint density at radius 3 is 0.686 bits per heavy atom. The van der Waals surface area contributed by atoms with Gasteiger partial charge in [-0.15, -0.1) is 0 Å². The van der Waals surface area contributed by atoms with E-state index in [4.69, 9.17) is 56.8 Å². The fourth-order valence-corrected chi connectivity index (χ4v) is 10.7. The highest BCUT2D eigenvalue weighted by molar-refractivity contribution is 5.84. The van der Waals surface area contributed by atoms with Crippen LogP contribution in [0.15, 0.2) is 48.5 Å². The van der Waals surface area contributed by atoms with E-state index in [9.17, 15) is 43.5 Å². The normalized spacial score (nSPS) is 12.2. The van der Waals surface area contributed by atoms with Crippen molar-refractivity contribution in [2.75, 3.05) is 112 Å². The zero-order valence-electron chi connectivity index (χ0n) is 63.9. The predicted molar refractivity (Wildman–Crippen MR) is 391 cm³/mol. The summed E-state index contributed by atoms with van der Waals surface area (Å²) in [6.45, 7) is 26.2. The summed E-state index contributed by atoms with van der Waals surface area (Å²) in [7, 11) is 0. The van der Waals surface area contributed by atoms with Gasteiger partial charge in [0.05, 0.1) is 39.6 Å². The van der Waals surface area contributed by atoms with Crippen LogP contribution < -0.4 is 61.5 Å². The minimum Gasteiger partial charge on any atom is -0.491 e. The van der Waals surface area contributed by atoms with E-state index in [0.29, 0.717) is 110 Å². The number of aliphatic hydroxyl groups is 1. The van der Waals surface area contributed by atoms with Crippen LogP contribution in [0.1, 0.15) is 171 Å². The minimum absolute atomic E-state index is 0.00505. The molecule has 0 aromatic heterocycles. The summed E-state index contributed by atoms with van der Waals surface area (Å²) in [4.78, 5) is 106. The first-order valence-electron chi connectivity index (χ1n) is 35.6. The van der Waals surface area contributed by atoms with E-state index in [1.807, 2.05) is 69.3 Å². The predicted octanol–water partition coefficient (Wildman–Crippen LogP) is 7.56. The molecule has 0 fully saturated rings. The third-order valence-electron chi connectivity index (χ3n) is 14.6. The molecule has 0 aliphatic heterocycles. The van der Waals surface area contributed by atoms with Crippen LogP contribution in [0.4, 0.5) is 19.2 Å². The zero-order valence-corrected chi connectivity index (χ0v) is 63.9. The molecule has 29 heteroatoms. The van der Waals surface area contributed by atoms with Crippen LogP contribution in [0.5, 0.6) is 23.0 Å². The Hall–Kier alpha value is -9.16. The second-order valence-electron chi connectivity index (χ2n) is 28.5. The topological polar surface area (TPSA) is 364 Å². The van der Waals surface area contributed by atoms with Gasteiger partial charge in [-0.2, -0.15) is 0 Å². The summed E-state index contributed by atoms with van der Waals surface area (Å²) in [6.07, 6.45) is -2.86. The standard InChI is InChI=1S/C76H112N8O21/c1-16-94-21-25-98-65-53-29-49(41-77-61(86)45-81-69(90)102-73(4,5)6)30-54(65)38-56-32-51(43-79-63(88)47-83-71(92)104-75(10,11)12)34-58(67(56)100-27-23-96-18-3)40-60-36-52(44-80-64(89)48-84-72(93)105-76(13,14)15)35-59(68(60)101-28-24-97-20-19-85)39-57-33-50(31-55(37-53)66(57)99-26-22-95-17-2)42-78-62(87)46-82-70(91)103-74(7,8)9/h29-36,85H,16-28,37-48H2,1-15H3,(H,77,86)(H,78,87)(H,79,88)(H,80,89)(H,81,90)(H,82,91)(H,83,92)(H,84,93). The lowest BCUT2D eigenvalue weighted by Crippen LogP contribution is -2.39. The maximum absolute atomic E-state index is 13.7. The van der Waals surface area contributed by atoms with Crippen LogP contribution in [-0.4, -0.2) is 188 Å². The molecule has 8 bridgehead atoms. The summed E-state index contributed by atoms with van der Waals surface area (Å²) in [6, 6.07) is 15.2. The maximum atomic E-state index is 13.7. The Bertz CT molecular complexity index is 3380. The summed E-state index contributed by atoms with van der Waals surface area (Å²) >= 11 is 0. The molecule has 9 N–H and O–H groups in total. The van der Waals surface area contributed by atoms with Crippen molar-refractivity contribution in [3.05, 3.63) is 115 Å². The molecule has 0 unspecified atom stereocenters. The fourth-order valence-electron chi connectivity index (χ4n) is 10.7. The Labute approximate surface area is 616 Å². The van der Waals surface area contributed by atoms with Gasteiger partial charge >= 0.3 is 24.4 Å². The maximum Gasteiger partial charge on any atom is 0.408 e. The van der Waals surface area contributed by atoms with Gasteiger partial charge in [0, 0.05) is 71.7 Å². The molecule has 29 nitrogen and oxygen atoms in total. The van der Waals surface area contributed by atoms with Crippen molar-refractivity contribution >= 4 is 48.0 Å². The van der Waals surface area contributed by atoms with E-state index in [2.05, 4.69) is 42.5 Å². The first-order chi connectivity index (χ1) is 49.6. The summed E-state index contributed by atoms with van der Waals surface area (Å²) in [5, 5.41) is 31.7. The van der Waals surface area contributed by atoms with E-state index < -0.39 is 96.6 Å². The van der Waals surface area contributed by atoms with Crippen LogP contribution >= 0.6 is 0 Å². The molecule has 0 spiro atoms. The van der Waals surface area contributed by atoms with E-state index in [1.165, 1.54) is 0 Å². The molecule has 1 aliphatic rings. The second-order valence-corrected chi connectivity index (χ2v) is 28.5. The van der Waals surface area contributed by atoms with Crippen LogP contribution in [0.2, 0.25) is 0 Å². The number of rotatable bonds is 37. The van der Waals surface area contributed by atoms with Gasteiger partial charge < -0.3 is 104 Å². The van der Waals surface area contributed by atoms with E-state index >= 15 is 0 Å². The highest BCUT2D eigenvalue weighted by atomic mass is 16.6. The van der Waals surface area contributed by atoms with Gasteiger partial charge in [0.1, 0.15) is 98.0 Å². The number of carbonyl (C=O) groups excluding carboxylic acids is 8. The van der Waals surface area contributed by atoms with E-state index in [-0.39, 0.29) is 118 Å². The zero-order chi connectivity index (χ0) is 77.3. The molecule has 0 saturated heterocycles. The average Bonchev–Trinajstić information content (AvgIpc) is 0.775. The molecule has 1 aliphatic carbocycles. The third kappa shape index (κ3) is 33.7. The molecule has 4 aromatic rings. The van der Waals surface area contributed by atoms with Crippen LogP contribution in [-0.2, 0) is 109 Å². The molecule has 5 rings (SSSR count). The van der Waals surface area contributed by atoms with Crippen molar-refractivity contribution in [3.63, 3.8) is 0 Å². The molecule has 582 valence electrons. The molecular formula is C76H112N8O21. The van der Waals surface area contributed by atoms with Gasteiger partial charge in [-0.1, -0.05) is 0 Å². The highest BCUT2D eigenvalue weighted by Gasteiger charge is 2.28. The first-order valence-corrected chi connectivity index (χ1v) is 35.6. The lowest BCUT2D eigenvalue weighted by Gasteiger charge is -2.25. The van der Waals surface area contributed by atoms with Gasteiger partial charge in [-0.3, -0.25) is 19.2 Å². The van der Waals surface area contributed by atoms with Gasteiger partial charge in [-0.25, -0.2) is 19.2 Å². The SMILES string of the molecule is CCOCCOc1c2cc(CNC(=O)CNC(=O)OC(C)(C)C)cc1Cc1cc(CNC(=O)CNC(=O)OC(C)(C)C)cc(c1OCCOCC)Cc1cc(CNC(=O)CNC(=O)OC(C)(C)C)cc(c1OCCOCCO)Cc1cc(CNC(=O)CNC(=O)OC(C)(C)C)cc(c1OCCOCC)C2. The van der Waals surface area contributed by atoms with Crippen LogP contribution in [0, 0.1) is 0 Å². The van der Waals surface area contributed by atoms with Gasteiger partial charge in [0.15, 0.2) is 0 Å². The Kier molecular flexibility index (Phi) is 35.2. The van der Waals surface area contributed by atoms with Crippen molar-refractivity contribution < 1.29 is 100 Å². The summed E-state index contributed by atoms with van der Waals surface area (Å²) in [5.74, 6) is -0.363. The van der Waals surface area contributed by atoms with Crippen LogP contribution in [0.25, 0.3) is 0 Å². The summed E-state index contributed by atoms with van der Waals surface area (Å²) < 4.78 is 72.7. The fraction of sp³-hybridized carbons (Fsp3) is 0.579. The number of fused-ring (bicyclic) bond motifs is 8. The Balaban J connectivity index is 1.92. The molecule has 105 heavy (non-hydrogen) atoms.